The van der Waals surface area contributed by atoms with Gasteiger partial charge in [0.1, 0.15) is 5.82 Å². The van der Waals surface area contributed by atoms with E-state index in [0.29, 0.717) is 11.7 Å². The number of nitrogen functional groups attached to an aromatic ring is 1. The van der Waals surface area contributed by atoms with E-state index in [9.17, 15) is 4.79 Å². The normalized spacial score (nSPS) is 19.7. The van der Waals surface area contributed by atoms with Crippen LogP contribution in [0.2, 0.25) is 0 Å². The molecule has 0 spiro atoms. The molecule has 1 aliphatic rings. The minimum Gasteiger partial charge on any atom is -0.383 e. The molecule has 0 aliphatic carbocycles. The molecule has 1 aromatic carbocycles. The number of nitrogens with one attached hydrogen (secondary N) is 1. The summed E-state index contributed by atoms with van der Waals surface area (Å²) < 4.78 is 1.18. The van der Waals surface area contributed by atoms with Crippen molar-refractivity contribution in [1.82, 2.24) is 14.9 Å². The van der Waals surface area contributed by atoms with Crippen molar-refractivity contribution >= 4 is 39.0 Å². The zero-order chi connectivity index (χ0) is 19.7. The lowest BCUT2D eigenvalue weighted by Crippen LogP contribution is -2.44. The monoisotopic (exact) mass is 395 g/mol. The van der Waals surface area contributed by atoms with Crippen molar-refractivity contribution in [3.05, 3.63) is 47.1 Å². The van der Waals surface area contributed by atoms with Gasteiger partial charge >= 0.3 is 0 Å². The quantitative estimate of drug-likeness (QED) is 0.698. The molecule has 1 amide bonds. The van der Waals surface area contributed by atoms with E-state index >= 15 is 0 Å². The summed E-state index contributed by atoms with van der Waals surface area (Å²) in [6.45, 7) is 5.14. The molecule has 1 fully saturated rings. The lowest BCUT2D eigenvalue weighted by atomic mass is 9.89. The van der Waals surface area contributed by atoms with Crippen LogP contribution < -0.4 is 11.1 Å². The van der Waals surface area contributed by atoms with Crippen LogP contribution in [0.25, 0.3) is 10.2 Å². The van der Waals surface area contributed by atoms with Gasteiger partial charge in [0.15, 0.2) is 0 Å². The zero-order valence-electron chi connectivity index (χ0n) is 16.2. The second-order valence-corrected chi connectivity index (χ2v) is 8.49. The number of nitrogens with zero attached hydrogens (tertiary/aromatic N) is 3. The molecule has 6 nitrogen and oxygen atoms in total. The molecular weight excluding hydrogens is 370 g/mol. The highest BCUT2D eigenvalue weighted by molar-refractivity contribution is 7.16. The molecule has 28 heavy (non-hydrogen) atoms. The van der Waals surface area contributed by atoms with Crippen LogP contribution in [0.5, 0.6) is 0 Å². The summed E-state index contributed by atoms with van der Waals surface area (Å²) in [6, 6.07) is 8.41. The van der Waals surface area contributed by atoms with Crippen molar-refractivity contribution in [1.29, 1.82) is 0 Å². The first-order valence-corrected chi connectivity index (χ1v) is 10.5. The zero-order valence-corrected chi connectivity index (χ0v) is 17.0. The number of hydrogen-bond acceptors (Lipinski definition) is 6. The Balaban J connectivity index is 1.51. The maximum absolute atomic E-state index is 13.1. The molecule has 3 N–H and O–H groups in total. The summed E-state index contributed by atoms with van der Waals surface area (Å²) in [5, 5.41) is 3.20. The number of nitrogens with two attached hydrogens (primary N) is 1. The van der Waals surface area contributed by atoms with Crippen LogP contribution in [0.15, 0.2) is 36.0 Å². The number of thiazole rings is 1. The van der Waals surface area contributed by atoms with Crippen molar-refractivity contribution < 1.29 is 4.79 Å². The molecular formula is C21H25N5OS. The largest absolute Gasteiger partial charge is 0.383 e. The Morgan fingerprint density at radius 3 is 3.00 bits per heavy atom. The molecule has 0 saturated carbocycles. The molecule has 4 rings (SSSR count). The van der Waals surface area contributed by atoms with E-state index in [1.165, 1.54) is 10.3 Å². The lowest BCUT2D eigenvalue weighted by molar-refractivity contribution is -0.134. The van der Waals surface area contributed by atoms with Gasteiger partial charge < -0.3 is 16.0 Å². The fourth-order valence-corrected chi connectivity index (χ4v) is 4.48. The summed E-state index contributed by atoms with van der Waals surface area (Å²) in [5.74, 6) is 1.12. The van der Waals surface area contributed by atoms with E-state index in [1.807, 2.05) is 23.4 Å². The summed E-state index contributed by atoms with van der Waals surface area (Å²) in [4.78, 5) is 23.7. The van der Waals surface area contributed by atoms with Crippen LogP contribution in [-0.2, 0) is 4.79 Å². The topological polar surface area (TPSA) is 84.1 Å². The van der Waals surface area contributed by atoms with Gasteiger partial charge in [0.25, 0.3) is 0 Å². The van der Waals surface area contributed by atoms with E-state index < -0.39 is 0 Å². The third kappa shape index (κ3) is 3.80. The van der Waals surface area contributed by atoms with Gasteiger partial charge in [-0.05, 0) is 55.0 Å². The summed E-state index contributed by atoms with van der Waals surface area (Å²) in [7, 11) is 0. The number of benzene rings is 1. The molecule has 2 atom stereocenters. The van der Waals surface area contributed by atoms with Gasteiger partial charge in [0.05, 0.1) is 40.2 Å². The smallest absolute Gasteiger partial charge is 0.242 e. The average molecular weight is 396 g/mol. The number of amides is 1. The number of anilines is 2. The van der Waals surface area contributed by atoms with Crippen molar-refractivity contribution in [3.63, 3.8) is 0 Å². The van der Waals surface area contributed by atoms with Crippen LogP contribution in [-0.4, -0.2) is 33.9 Å². The first kappa shape index (κ1) is 18.7. The second-order valence-electron chi connectivity index (χ2n) is 7.60. The van der Waals surface area contributed by atoms with Gasteiger partial charge in [-0.2, -0.15) is 0 Å². The van der Waals surface area contributed by atoms with Crippen molar-refractivity contribution in [2.24, 2.45) is 5.92 Å². The number of carbonyl (C=O) groups is 1. The maximum atomic E-state index is 13.1. The summed E-state index contributed by atoms with van der Waals surface area (Å²) in [5.41, 5.74) is 11.5. The molecule has 0 bridgehead atoms. The number of hydrogen-bond donors (Lipinski definition) is 2. The minimum absolute atomic E-state index is 0.0999. The SMILES string of the molecule is Cc1cc(NCC(=O)N2C[C@@H](C)CC[C@@H]2c2ccc3scnc3c2)cnc1N. The Hall–Kier alpha value is -2.67. The number of aryl methyl sites for hydroxylation is 1. The predicted molar refractivity (Wildman–Crippen MR) is 114 cm³/mol. The first-order valence-electron chi connectivity index (χ1n) is 9.60. The molecule has 2 aromatic heterocycles. The van der Waals surface area contributed by atoms with Gasteiger partial charge in [0.2, 0.25) is 5.91 Å². The number of piperidine rings is 1. The van der Waals surface area contributed by atoms with Crippen molar-refractivity contribution in [3.8, 4) is 0 Å². The molecule has 3 heterocycles. The van der Waals surface area contributed by atoms with Gasteiger partial charge in [-0.3, -0.25) is 4.79 Å². The number of aromatic nitrogens is 2. The number of fused-ring (bicyclic) bond motifs is 1. The van der Waals surface area contributed by atoms with E-state index in [0.717, 1.165) is 36.2 Å². The molecule has 3 aromatic rings. The Morgan fingerprint density at radius 1 is 1.32 bits per heavy atom. The van der Waals surface area contributed by atoms with Gasteiger partial charge in [-0.1, -0.05) is 13.0 Å². The van der Waals surface area contributed by atoms with Gasteiger partial charge in [0, 0.05) is 6.54 Å². The number of rotatable bonds is 4. The van der Waals surface area contributed by atoms with E-state index in [4.69, 9.17) is 5.73 Å². The maximum Gasteiger partial charge on any atom is 0.242 e. The number of likely N-dealkylation sites (tertiary alicyclic amines) is 1. The van der Waals surface area contributed by atoms with Crippen LogP contribution in [0.4, 0.5) is 11.5 Å². The van der Waals surface area contributed by atoms with E-state index in [1.54, 1.807) is 17.5 Å². The Bertz CT molecular complexity index is 1000. The molecule has 1 aliphatic heterocycles. The molecule has 1 saturated heterocycles. The first-order chi connectivity index (χ1) is 13.5. The van der Waals surface area contributed by atoms with E-state index in [-0.39, 0.29) is 18.5 Å². The number of carbonyl (C=O) groups excluding carboxylic acids is 1. The highest BCUT2D eigenvalue weighted by Gasteiger charge is 2.31. The van der Waals surface area contributed by atoms with Crippen LogP contribution in [0.1, 0.15) is 36.9 Å². The highest BCUT2D eigenvalue weighted by atomic mass is 32.1. The second kappa shape index (κ2) is 7.75. The molecule has 146 valence electrons. The third-order valence-corrected chi connectivity index (χ3v) is 6.25. The van der Waals surface area contributed by atoms with Crippen LogP contribution in [0.3, 0.4) is 0 Å². The fraction of sp³-hybridized carbons (Fsp3) is 0.381. The molecule has 7 heteroatoms. The molecule has 0 radical (unpaired) electrons. The van der Waals surface area contributed by atoms with E-state index in [2.05, 4.69) is 40.4 Å². The fourth-order valence-electron chi connectivity index (χ4n) is 3.82. The Morgan fingerprint density at radius 2 is 2.18 bits per heavy atom. The van der Waals surface area contributed by atoms with Gasteiger partial charge in [-0.15, -0.1) is 11.3 Å². The van der Waals surface area contributed by atoms with Gasteiger partial charge in [-0.25, -0.2) is 9.97 Å². The lowest BCUT2D eigenvalue weighted by Gasteiger charge is -2.39. The third-order valence-electron chi connectivity index (χ3n) is 5.44. The predicted octanol–water partition coefficient (Wildman–Crippen LogP) is 3.99. The number of pyridine rings is 1. The summed E-state index contributed by atoms with van der Waals surface area (Å²) in [6.07, 6.45) is 3.77. The van der Waals surface area contributed by atoms with Crippen molar-refractivity contribution in [2.75, 3.05) is 24.1 Å². The highest BCUT2D eigenvalue weighted by Crippen LogP contribution is 2.35. The standard InChI is InChI=1S/C21H25N5OS/c1-13-3-5-18(15-4-6-19-17(8-15)25-12-28-19)26(11-13)20(27)10-23-16-7-14(2)21(22)24-9-16/h4,6-9,12-13,18,23H,3,5,10-11H2,1-2H3,(H2,22,24)/t13-,18+/m0/s1. The van der Waals surface area contributed by atoms with Crippen LogP contribution >= 0.6 is 11.3 Å². The average Bonchev–Trinajstić information content (AvgIpc) is 3.16. The Kier molecular flexibility index (Phi) is 5.17. The Labute approximate surface area is 168 Å². The van der Waals surface area contributed by atoms with Crippen LogP contribution in [0, 0.1) is 12.8 Å². The van der Waals surface area contributed by atoms with Crippen molar-refractivity contribution in [2.45, 2.75) is 32.7 Å². The molecule has 0 unspecified atom stereocenters. The summed E-state index contributed by atoms with van der Waals surface area (Å²) >= 11 is 1.64. The minimum atomic E-state index is 0.0999.